The number of anilines is 2. The number of nitrogens with zero attached hydrogens (tertiary/aromatic N) is 7. The molecule has 0 spiro atoms. The molecule has 20 nitrogen and oxygen atoms in total. The van der Waals surface area contributed by atoms with Crippen LogP contribution < -0.4 is 22.3 Å². The Kier molecular flexibility index (Phi) is 27.1. The Morgan fingerprint density at radius 2 is 1.03 bits per heavy atom. The van der Waals surface area contributed by atoms with Crippen LogP contribution in [0.2, 0.25) is 5.15 Å². The van der Waals surface area contributed by atoms with Crippen molar-refractivity contribution in [3.63, 3.8) is 0 Å². The van der Waals surface area contributed by atoms with Gasteiger partial charge >= 0.3 is 5.97 Å². The first-order valence-corrected chi connectivity index (χ1v) is 36.2. The standard InChI is InChI=1S/C19H28N4OS.C12H17NO3S.C11H11ClN2OS.C11H12N2O2S.C8H18N2.C7H12O2.2ClH/c1-19(2)9-14-15(10-24-19)25-18-16(14)17(20-11-21-18)22-12-5-7-13(8-6-12)23(3)4;1-4-15-11(14)9-7-5-12(2,3)16-6-8(7)17-10(9)13;1-11(2)3-6-7(4-15-11)16-10-8(6)9(12)13-5-14-10;1-11(2)3-6-7(4-15-11)16-10-8(6)9(14)12-5-13-10;1-10(2)8-5-3-7(9)4-6-8;1-7(2)5-6(8)3-4-9-7;;/h11-13H,5-10H2,1-4H3,(H,20,21,22);4-6,13H2,1-3H3;5H,3-4H2,1-2H3;5H,3-4H2,1-2H3,(H,12,13,14);7-8H,3-6,9H2,1-2H3;3-5H2,1-2H3;2*1H. The topological polar surface area (TPSA) is 257 Å². The summed E-state index contributed by atoms with van der Waals surface area (Å²) in [4.78, 5) is 71.0. The number of nitrogens with two attached hydrogens (primary N) is 2. The zero-order valence-corrected chi connectivity index (χ0v) is 63.6. The van der Waals surface area contributed by atoms with Crippen molar-refractivity contribution in [3.8, 4) is 0 Å². The summed E-state index contributed by atoms with van der Waals surface area (Å²) in [5, 5.41) is 7.83. The Hall–Kier alpha value is -4.09. The molecule has 27 heteroatoms. The Morgan fingerprint density at radius 1 is 0.600 bits per heavy atom. The van der Waals surface area contributed by atoms with Crippen LogP contribution in [0.5, 0.6) is 0 Å². The number of aromatic amines is 1. The van der Waals surface area contributed by atoms with E-state index in [1.165, 1.54) is 102 Å². The van der Waals surface area contributed by atoms with Crippen molar-refractivity contribution in [1.29, 1.82) is 0 Å². The van der Waals surface area contributed by atoms with Gasteiger partial charge in [-0.05, 0) is 178 Å². The van der Waals surface area contributed by atoms with E-state index >= 15 is 0 Å². The minimum Gasteiger partial charge on any atom is -0.462 e. The maximum atomic E-state index is 11.9. The number of Topliss-reactive ketones (excluding diaryl/α,β-unsaturated/α-hetero) is 1. The van der Waals surface area contributed by atoms with Crippen molar-refractivity contribution in [2.24, 2.45) is 5.73 Å². The zero-order chi connectivity index (χ0) is 67.4. The van der Waals surface area contributed by atoms with E-state index in [2.05, 4.69) is 101 Å². The number of nitrogens with one attached hydrogen (secondary N) is 2. The van der Waals surface area contributed by atoms with Gasteiger partial charge in [-0.1, -0.05) is 11.6 Å². The summed E-state index contributed by atoms with van der Waals surface area (Å²) in [6, 6.07) is 2.50. The SMILES string of the molecule is CC1(C)CC(=O)CCO1.CC1(C)Cc2c(sc3nc[nH]c(=O)c23)CO1.CC1(C)Cc2c(sc3ncnc(Cl)c23)CO1.CCOC(=O)c1c(N)sc2c1CC(C)(C)OC2.CN(C)C1CCC(N)CC1.CN(C)C1CCC(Nc2ncnc3sc4c(c23)CC(C)(C)OC4)CC1.Cl.Cl. The molecule has 14 rings (SSSR count). The number of hydrogen-bond donors (Lipinski definition) is 4. The quantitative estimate of drug-likeness (QED) is 0.0891. The van der Waals surface area contributed by atoms with Gasteiger partial charge < -0.3 is 60.0 Å². The molecule has 7 aliphatic rings. The number of esters is 1. The van der Waals surface area contributed by atoms with Gasteiger partial charge in [-0.25, -0.2) is 29.7 Å². The summed E-state index contributed by atoms with van der Waals surface area (Å²) < 4.78 is 33.6. The Bertz CT molecular complexity index is 3790. The average Bonchev–Trinajstić information content (AvgIpc) is 1.64. The van der Waals surface area contributed by atoms with E-state index in [1.807, 2.05) is 41.5 Å². The van der Waals surface area contributed by atoms with Gasteiger partial charge in [0, 0.05) is 82.2 Å². The molecule has 0 amide bonds. The fourth-order valence-electron chi connectivity index (χ4n) is 12.9. The molecule has 7 aromatic heterocycles. The van der Waals surface area contributed by atoms with Crippen molar-refractivity contribution < 1.29 is 38.0 Å². The number of H-pyrrole nitrogens is 1. The molecule has 0 aromatic carbocycles. The number of aromatic nitrogens is 6. The molecule has 5 aliphatic heterocycles. The third-order valence-electron chi connectivity index (χ3n) is 18.1. The van der Waals surface area contributed by atoms with Crippen LogP contribution in [0, 0.1) is 0 Å². The van der Waals surface area contributed by atoms with Crippen LogP contribution in [-0.4, -0.2) is 145 Å². The van der Waals surface area contributed by atoms with E-state index in [4.69, 9.17) is 51.5 Å². The van der Waals surface area contributed by atoms with E-state index in [1.54, 1.807) is 47.3 Å². The molecule has 526 valence electrons. The second kappa shape index (κ2) is 32.9. The summed E-state index contributed by atoms with van der Waals surface area (Å²) in [5.41, 5.74) is 16.1. The maximum Gasteiger partial charge on any atom is 0.341 e. The summed E-state index contributed by atoms with van der Waals surface area (Å²) in [5.74, 6) is 1.03. The summed E-state index contributed by atoms with van der Waals surface area (Å²) in [6.45, 7) is 25.7. The van der Waals surface area contributed by atoms with Crippen molar-refractivity contribution in [3.05, 3.63) is 81.8 Å². The van der Waals surface area contributed by atoms with E-state index in [9.17, 15) is 14.4 Å². The first-order chi connectivity index (χ1) is 43.8. The van der Waals surface area contributed by atoms with E-state index in [-0.39, 0.29) is 64.3 Å². The number of ether oxygens (including phenoxy) is 6. The molecule has 6 N–H and O–H groups in total. The van der Waals surface area contributed by atoms with Gasteiger partial charge in [-0.2, -0.15) is 0 Å². The predicted molar refractivity (Wildman–Crippen MR) is 391 cm³/mol. The summed E-state index contributed by atoms with van der Waals surface area (Å²) in [7, 11) is 8.69. The van der Waals surface area contributed by atoms with Crippen molar-refractivity contribution in [2.45, 2.75) is 245 Å². The van der Waals surface area contributed by atoms with Gasteiger partial charge in [-0.15, -0.1) is 70.2 Å². The lowest BCUT2D eigenvalue weighted by molar-refractivity contribution is -0.135. The zero-order valence-electron chi connectivity index (χ0n) is 58.0. The summed E-state index contributed by atoms with van der Waals surface area (Å²) in [6.07, 6.45) is 19.0. The number of halogens is 3. The molecule has 0 atom stereocenters. The van der Waals surface area contributed by atoms with Crippen LogP contribution in [0.1, 0.15) is 192 Å². The molecular weight excluding hydrogens is 1350 g/mol. The van der Waals surface area contributed by atoms with Gasteiger partial charge in [0.05, 0.1) is 95.7 Å². The third-order valence-corrected chi connectivity index (χ3v) is 22.8. The van der Waals surface area contributed by atoms with Gasteiger partial charge in [0.1, 0.15) is 48.9 Å². The van der Waals surface area contributed by atoms with Crippen LogP contribution in [0.15, 0.2) is 23.8 Å². The number of rotatable bonds is 6. The van der Waals surface area contributed by atoms with Gasteiger partial charge in [0.15, 0.2) is 0 Å². The lowest BCUT2D eigenvalue weighted by atomic mass is 9.90. The summed E-state index contributed by atoms with van der Waals surface area (Å²) >= 11 is 12.5. The number of fused-ring (bicyclic) bond motifs is 10. The highest BCUT2D eigenvalue weighted by atomic mass is 35.5. The largest absolute Gasteiger partial charge is 0.462 e. The highest BCUT2D eigenvalue weighted by Crippen LogP contribution is 2.44. The predicted octanol–water partition coefficient (Wildman–Crippen LogP) is 14.0. The number of hydrogen-bond acceptors (Lipinski definition) is 23. The van der Waals surface area contributed by atoms with Gasteiger partial charge in [0.2, 0.25) is 0 Å². The molecule has 0 radical (unpaired) electrons. The number of thiophene rings is 4. The highest BCUT2D eigenvalue weighted by molar-refractivity contribution is 7.19. The molecule has 0 unspecified atom stereocenters. The third kappa shape index (κ3) is 20.3. The maximum absolute atomic E-state index is 11.9. The monoisotopic (exact) mass is 1450 g/mol. The molecule has 1 saturated heterocycles. The molecule has 95 heavy (non-hydrogen) atoms. The average molecular weight is 1450 g/mol. The van der Waals surface area contributed by atoms with Crippen molar-refractivity contribution in [2.75, 3.05) is 52.5 Å². The Labute approximate surface area is 593 Å². The van der Waals surface area contributed by atoms with Crippen LogP contribution >= 0.6 is 81.8 Å². The van der Waals surface area contributed by atoms with Crippen LogP contribution in [-0.2, 0) is 85.3 Å². The second-order valence-corrected chi connectivity index (χ2v) is 33.5. The molecular formula is C68H100Cl3N11O9S4. The van der Waals surface area contributed by atoms with E-state index in [0.717, 1.165) is 83.3 Å². The number of ketones is 1. The molecule has 12 heterocycles. The van der Waals surface area contributed by atoms with Gasteiger partial charge in [-0.3, -0.25) is 9.59 Å². The molecule has 3 fully saturated rings. The first-order valence-electron chi connectivity index (χ1n) is 32.6. The minimum atomic E-state index is -0.319. The fourth-order valence-corrected chi connectivity index (χ4v) is 17.4. The number of nitrogen functional groups attached to an aromatic ring is 1. The lowest BCUT2D eigenvalue weighted by Crippen LogP contribution is -2.36. The molecule has 7 aromatic rings. The van der Waals surface area contributed by atoms with E-state index in [0.29, 0.717) is 92.5 Å². The first kappa shape index (κ1) is 78.3. The molecule has 2 aliphatic carbocycles. The highest BCUT2D eigenvalue weighted by Gasteiger charge is 2.36. The molecule has 2 saturated carbocycles. The fraction of sp³-hybridized carbons (Fsp3) is 0.647. The van der Waals surface area contributed by atoms with Crippen LogP contribution in [0.25, 0.3) is 30.6 Å². The second-order valence-electron chi connectivity index (χ2n) is 28.8. The Balaban J connectivity index is 0.000000165. The number of carbonyl (C=O) groups excluding carboxylic acids is 2. The normalized spacial score (nSPS) is 22.4. The minimum absolute atomic E-state index is 0. The number of carbonyl (C=O) groups is 2. The van der Waals surface area contributed by atoms with Gasteiger partial charge in [0.25, 0.3) is 5.56 Å². The van der Waals surface area contributed by atoms with E-state index < -0.39 is 0 Å². The van der Waals surface area contributed by atoms with Crippen molar-refractivity contribution in [1.82, 2.24) is 39.7 Å². The van der Waals surface area contributed by atoms with Crippen molar-refractivity contribution >= 4 is 135 Å². The Morgan fingerprint density at radius 3 is 1.51 bits per heavy atom. The lowest BCUT2D eigenvalue weighted by Gasteiger charge is -2.33. The molecule has 0 bridgehead atoms. The van der Waals surface area contributed by atoms with Crippen LogP contribution in [0.4, 0.5) is 10.8 Å². The van der Waals surface area contributed by atoms with Crippen LogP contribution in [0.3, 0.4) is 0 Å². The smallest absolute Gasteiger partial charge is 0.341 e.